The van der Waals surface area contributed by atoms with Gasteiger partial charge in [-0.3, -0.25) is 9.59 Å². The Morgan fingerprint density at radius 1 is 1.40 bits per heavy atom. The molecule has 0 saturated carbocycles. The lowest BCUT2D eigenvalue weighted by Crippen LogP contribution is -2.32. The lowest BCUT2D eigenvalue weighted by atomic mass is 10.1. The van der Waals surface area contributed by atoms with Gasteiger partial charge >= 0.3 is 5.97 Å². The van der Waals surface area contributed by atoms with E-state index in [4.69, 9.17) is 10.8 Å². The van der Waals surface area contributed by atoms with Crippen molar-refractivity contribution in [2.75, 3.05) is 5.32 Å². The van der Waals surface area contributed by atoms with Crippen LogP contribution in [0.3, 0.4) is 0 Å². The number of aromatic amines is 1. The van der Waals surface area contributed by atoms with Crippen LogP contribution in [0.2, 0.25) is 0 Å². The minimum absolute atomic E-state index is 0.187. The average molecular weight is 275 g/mol. The number of hydrogen-bond acceptors (Lipinski definition) is 4. The summed E-state index contributed by atoms with van der Waals surface area (Å²) in [6, 6.07) is 3.91. The molecule has 0 fully saturated rings. The SMILES string of the molecule is CC(N)C(=O)Nc1ccc2[nH]cc(C(=O)O)c(=O)c2c1. The average Bonchev–Trinajstić information content (AvgIpc) is 2.39. The van der Waals surface area contributed by atoms with Crippen LogP contribution < -0.4 is 16.5 Å². The molecule has 7 heteroatoms. The van der Waals surface area contributed by atoms with Gasteiger partial charge in [0.2, 0.25) is 11.3 Å². The van der Waals surface area contributed by atoms with Crippen molar-refractivity contribution in [1.29, 1.82) is 0 Å². The van der Waals surface area contributed by atoms with Gasteiger partial charge < -0.3 is 21.1 Å². The van der Waals surface area contributed by atoms with Gasteiger partial charge in [0, 0.05) is 22.8 Å². The molecular formula is C13H13N3O4. The fraction of sp³-hybridized carbons (Fsp3) is 0.154. The van der Waals surface area contributed by atoms with Crippen molar-refractivity contribution in [3.63, 3.8) is 0 Å². The molecule has 0 spiro atoms. The van der Waals surface area contributed by atoms with Crippen LogP contribution in [0.1, 0.15) is 17.3 Å². The summed E-state index contributed by atoms with van der Waals surface area (Å²) in [5.41, 5.74) is 5.34. The third kappa shape index (κ3) is 2.52. The molecule has 0 aliphatic carbocycles. The zero-order valence-electron chi connectivity index (χ0n) is 10.6. The lowest BCUT2D eigenvalue weighted by molar-refractivity contribution is -0.117. The van der Waals surface area contributed by atoms with E-state index in [0.717, 1.165) is 6.20 Å². The Bertz CT molecular complexity index is 749. The van der Waals surface area contributed by atoms with E-state index >= 15 is 0 Å². The Kier molecular flexibility index (Phi) is 3.53. The zero-order chi connectivity index (χ0) is 14.9. The van der Waals surface area contributed by atoms with Gasteiger partial charge in [-0.2, -0.15) is 0 Å². The molecule has 0 aliphatic rings. The Morgan fingerprint density at radius 2 is 2.10 bits per heavy atom. The number of fused-ring (bicyclic) bond motifs is 1. The normalized spacial score (nSPS) is 12.1. The molecule has 0 aliphatic heterocycles. The molecular weight excluding hydrogens is 262 g/mol. The predicted octanol–water partition coefficient (Wildman–Crippen LogP) is 0.512. The summed E-state index contributed by atoms with van der Waals surface area (Å²) < 4.78 is 0. The van der Waals surface area contributed by atoms with Crippen molar-refractivity contribution >= 4 is 28.5 Å². The van der Waals surface area contributed by atoms with Crippen molar-refractivity contribution in [1.82, 2.24) is 4.98 Å². The highest BCUT2D eigenvalue weighted by Gasteiger charge is 2.13. The number of rotatable bonds is 3. The van der Waals surface area contributed by atoms with Crippen LogP contribution >= 0.6 is 0 Å². The van der Waals surface area contributed by atoms with E-state index in [1.807, 2.05) is 0 Å². The van der Waals surface area contributed by atoms with E-state index in [1.165, 1.54) is 13.0 Å². The highest BCUT2D eigenvalue weighted by Crippen LogP contribution is 2.15. The standard InChI is InChI=1S/C13H13N3O4/c1-6(14)12(18)16-7-2-3-10-8(4-7)11(17)9(5-15-10)13(19)20/h2-6H,14H2,1H3,(H,15,17)(H,16,18)(H,19,20). The van der Waals surface area contributed by atoms with E-state index in [9.17, 15) is 14.4 Å². The molecule has 1 heterocycles. The van der Waals surface area contributed by atoms with Crippen molar-refractivity contribution in [3.05, 3.63) is 40.2 Å². The Balaban J connectivity index is 2.52. The monoisotopic (exact) mass is 275 g/mol. The number of carbonyl (C=O) groups excluding carboxylic acids is 1. The van der Waals surface area contributed by atoms with Crippen molar-refractivity contribution in [3.8, 4) is 0 Å². The Labute approximate surface area is 113 Å². The summed E-state index contributed by atoms with van der Waals surface area (Å²) >= 11 is 0. The highest BCUT2D eigenvalue weighted by atomic mass is 16.4. The molecule has 5 N–H and O–H groups in total. The molecule has 1 amide bonds. The number of pyridine rings is 1. The fourth-order valence-electron chi connectivity index (χ4n) is 1.71. The van der Waals surface area contributed by atoms with Crippen LogP contribution in [0.4, 0.5) is 5.69 Å². The van der Waals surface area contributed by atoms with Gasteiger partial charge in [-0.15, -0.1) is 0 Å². The van der Waals surface area contributed by atoms with Crippen molar-refractivity contribution in [2.24, 2.45) is 5.73 Å². The van der Waals surface area contributed by atoms with E-state index in [1.54, 1.807) is 12.1 Å². The van der Waals surface area contributed by atoms with Gasteiger partial charge in [-0.05, 0) is 25.1 Å². The van der Waals surface area contributed by atoms with Crippen LogP contribution in [0.25, 0.3) is 10.9 Å². The molecule has 1 atom stereocenters. The maximum atomic E-state index is 12.0. The van der Waals surface area contributed by atoms with Crippen molar-refractivity contribution in [2.45, 2.75) is 13.0 Å². The first-order chi connectivity index (χ1) is 9.40. The molecule has 2 rings (SSSR count). The second-order valence-electron chi connectivity index (χ2n) is 4.37. The smallest absolute Gasteiger partial charge is 0.341 e. The van der Waals surface area contributed by atoms with E-state index < -0.39 is 23.3 Å². The summed E-state index contributed by atoms with van der Waals surface area (Å²) in [6.45, 7) is 1.53. The van der Waals surface area contributed by atoms with Gasteiger partial charge in [-0.1, -0.05) is 0 Å². The molecule has 0 bridgehead atoms. The van der Waals surface area contributed by atoms with Crippen LogP contribution in [0.15, 0.2) is 29.2 Å². The Hall–Kier alpha value is -2.67. The number of carboxylic acids is 1. The number of benzene rings is 1. The number of aromatic carboxylic acids is 1. The summed E-state index contributed by atoms with van der Waals surface area (Å²) in [5.74, 6) is -1.70. The summed E-state index contributed by atoms with van der Waals surface area (Å²) in [4.78, 5) is 37.1. The van der Waals surface area contributed by atoms with E-state index in [2.05, 4.69) is 10.3 Å². The summed E-state index contributed by atoms with van der Waals surface area (Å²) in [5, 5.41) is 11.6. The third-order valence-corrected chi connectivity index (χ3v) is 2.79. The summed E-state index contributed by atoms with van der Waals surface area (Å²) in [7, 11) is 0. The molecule has 1 aromatic heterocycles. The van der Waals surface area contributed by atoms with Gasteiger partial charge in [0.05, 0.1) is 6.04 Å². The third-order valence-electron chi connectivity index (χ3n) is 2.79. The van der Waals surface area contributed by atoms with Crippen LogP contribution in [0.5, 0.6) is 0 Å². The van der Waals surface area contributed by atoms with E-state index in [-0.39, 0.29) is 10.9 Å². The number of nitrogens with one attached hydrogen (secondary N) is 2. The van der Waals surface area contributed by atoms with E-state index in [0.29, 0.717) is 11.2 Å². The fourth-order valence-corrected chi connectivity index (χ4v) is 1.71. The predicted molar refractivity (Wildman–Crippen MR) is 73.8 cm³/mol. The quantitative estimate of drug-likeness (QED) is 0.649. The van der Waals surface area contributed by atoms with Gasteiger partial charge in [0.1, 0.15) is 5.56 Å². The van der Waals surface area contributed by atoms with Crippen LogP contribution in [0, 0.1) is 0 Å². The molecule has 2 aromatic rings. The number of carbonyl (C=O) groups is 2. The first-order valence-electron chi connectivity index (χ1n) is 5.85. The van der Waals surface area contributed by atoms with Crippen LogP contribution in [-0.4, -0.2) is 28.0 Å². The number of hydrogen-bond donors (Lipinski definition) is 4. The largest absolute Gasteiger partial charge is 0.477 e. The number of H-pyrrole nitrogens is 1. The molecule has 1 unspecified atom stereocenters. The molecule has 1 aromatic carbocycles. The molecule has 104 valence electrons. The number of aromatic nitrogens is 1. The second kappa shape index (κ2) is 5.14. The minimum Gasteiger partial charge on any atom is -0.477 e. The number of nitrogens with two attached hydrogens (primary N) is 1. The minimum atomic E-state index is -1.31. The van der Waals surface area contributed by atoms with Gasteiger partial charge in [-0.25, -0.2) is 4.79 Å². The number of amides is 1. The van der Waals surface area contributed by atoms with Gasteiger partial charge in [0.25, 0.3) is 0 Å². The highest BCUT2D eigenvalue weighted by molar-refractivity contribution is 5.97. The number of carboxylic acid groups (broad SMARTS) is 1. The molecule has 0 saturated heterocycles. The maximum absolute atomic E-state index is 12.0. The molecule has 0 radical (unpaired) electrons. The lowest BCUT2D eigenvalue weighted by Gasteiger charge is -2.08. The topological polar surface area (TPSA) is 125 Å². The first kappa shape index (κ1) is 13.8. The first-order valence-corrected chi connectivity index (χ1v) is 5.85. The van der Waals surface area contributed by atoms with Crippen molar-refractivity contribution < 1.29 is 14.7 Å². The number of anilines is 1. The van der Waals surface area contributed by atoms with Crippen LogP contribution in [-0.2, 0) is 4.79 Å². The van der Waals surface area contributed by atoms with Gasteiger partial charge in [0.15, 0.2) is 0 Å². The molecule has 7 nitrogen and oxygen atoms in total. The maximum Gasteiger partial charge on any atom is 0.341 e. The molecule has 20 heavy (non-hydrogen) atoms. The second-order valence-corrected chi connectivity index (χ2v) is 4.37. The zero-order valence-corrected chi connectivity index (χ0v) is 10.6. The Morgan fingerprint density at radius 3 is 2.70 bits per heavy atom. The summed E-state index contributed by atoms with van der Waals surface area (Å²) in [6.07, 6.45) is 1.15.